The van der Waals surface area contributed by atoms with Gasteiger partial charge >= 0.3 is 0 Å². The molecule has 5 heteroatoms. The van der Waals surface area contributed by atoms with Crippen molar-refractivity contribution < 1.29 is 0 Å². The number of anilines is 1. The maximum atomic E-state index is 4.78. The van der Waals surface area contributed by atoms with Gasteiger partial charge in [-0.2, -0.15) is 4.98 Å². The SMILES string of the molecule is CC(Nc1nccc(-n2cnc3ccc(-c4cccc5ccccc45)cc32)n1)c1ccccc1. The van der Waals surface area contributed by atoms with Crippen molar-refractivity contribution in [3.8, 4) is 16.9 Å². The van der Waals surface area contributed by atoms with Crippen molar-refractivity contribution in [3.63, 3.8) is 0 Å². The summed E-state index contributed by atoms with van der Waals surface area (Å²) in [7, 11) is 0. The minimum absolute atomic E-state index is 0.0916. The van der Waals surface area contributed by atoms with Crippen LogP contribution in [0.25, 0.3) is 38.8 Å². The van der Waals surface area contributed by atoms with Gasteiger partial charge in [-0.3, -0.25) is 4.57 Å². The second kappa shape index (κ2) is 8.45. The van der Waals surface area contributed by atoms with Crippen LogP contribution in [0.3, 0.4) is 0 Å². The first kappa shape index (κ1) is 20.1. The maximum Gasteiger partial charge on any atom is 0.225 e. The van der Waals surface area contributed by atoms with Gasteiger partial charge in [-0.1, -0.05) is 78.9 Å². The summed E-state index contributed by atoms with van der Waals surface area (Å²) in [4.78, 5) is 13.8. The van der Waals surface area contributed by atoms with Gasteiger partial charge in [-0.15, -0.1) is 0 Å². The van der Waals surface area contributed by atoms with Gasteiger partial charge in [-0.05, 0) is 52.6 Å². The molecule has 6 aromatic rings. The van der Waals surface area contributed by atoms with Crippen LogP contribution in [-0.2, 0) is 0 Å². The smallest absolute Gasteiger partial charge is 0.225 e. The van der Waals surface area contributed by atoms with Crippen LogP contribution in [0, 0.1) is 0 Å². The third-order valence-electron chi connectivity index (χ3n) is 6.18. The number of fused-ring (bicyclic) bond motifs is 2. The van der Waals surface area contributed by atoms with Gasteiger partial charge < -0.3 is 5.32 Å². The molecule has 5 nitrogen and oxygen atoms in total. The number of aromatic nitrogens is 4. The fraction of sp³-hybridized carbons (Fsp3) is 0.0690. The van der Waals surface area contributed by atoms with Gasteiger partial charge in [0, 0.05) is 6.20 Å². The highest BCUT2D eigenvalue weighted by Crippen LogP contribution is 2.31. The van der Waals surface area contributed by atoms with E-state index in [1.165, 1.54) is 21.9 Å². The Morgan fingerprint density at radius 1 is 0.794 bits per heavy atom. The Balaban J connectivity index is 1.39. The third kappa shape index (κ3) is 3.67. The van der Waals surface area contributed by atoms with Crippen molar-refractivity contribution in [3.05, 3.63) is 115 Å². The number of benzene rings is 4. The molecule has 0 bridgehead atoms. The van der Waals surface area contributed by atoms with Crippen molar-refractivity contribution in [2.45, 2.75) is 13.0 Å². The zero-order chi connectivity index (χ0) is 22.9. The lowest BCUT2D eigenvalue weighted by Crippen LogP contribution is -2.10. The molecule has 34 heavy (non-hydrogen) atoms. The summed E-state index contributed by atoms with van der Waals surface area (Å²) in [6.07, 6.45) is 3.60. The molecule has 2 heterocycles. The number of hydrogen-bond donors (Lipinski definition) is 1. The molecule has 0 spiro atoms. The third-order valence-corrected chi connectivity index (χ3v) is 6.18. The summed E-state index contributed by atoms with van der Waals surface area (Å²) in [6.45, 7) is 2.11. The van der Waals surface area contributed by atoms with E-state index in [1.54, 1.807) is 6.20 Å². The van der Waals surface area contributed by atoms with E-state index in [0.29, 0.717) is 5.95 Å². The summed E-state index contributed by atoms with van der Waals surface area (Å²) < 4.78 is 2.02. The molecule has 1 atom stereocenters. The Morgan fingerprint density at radius 2 is 1.62 bits per heavy atom. The molecule has 2 aromatic heterocycles. The lowest BCUT2D eigenvalue weighted by Gasteiger charge is -2.15. The zero-order valence-electron chi connectivity index (χ0n) is 18.8. The number of nitrogens with one attached hydrogen (secondary N) is 1. The fourth-order valence-electron chi connectivity index (χ4n) is 4.41. The maximum absolute atomic E-state index is 4.78. The standard InChI is InChI=1S/C29H23N5/c1-20(21-8-3-2-4-9-21)32-29-30-17-16-28(33-29)34-19-31-26-15-14-23(18-27(26)34)25-13-7-11-22-10-5-6-12-24(22)25/h2-20H,1H3,(H,30,32,33). The molecule has 0 aliphatic carbocycles. The predicted octanol–water partition coefficient (Wildman–Crippen LogP) is 6.81. The van der Waals surface area contributed by atoms with Gasteiger partial charge in [0.05, 0.1) is 17.1 Å². The Bertz CT molecular complexity index is 1600. The number of nitrogens with zero attached hydrogens (tertiary/aromatic N) is 4. The minimum atomic E-state index is 0.0916. The van der Waals surface area contributed by atoms with Gasteiger partial charge in [0.15, 0.2) is 0 Å². The topological polar surface area (TPSA) is 55.6 Å². The van der Waals surface area contributed by atoms with Crippen molar-refractivity contribution in [2.24, 2.45) is 0 Å². The lowest BCUT2D eigenvalue weighted by atomic mass is 9.98. The molecule has 0 fully saturated rings. The Hall–Kier alpha value is -4.51. The Labute approximate surface area is 197 Å². The second-order valence-corrected chi connectivity index (χ2v) is 8.36. The van der Waals surface area contributed by atoms with Gasteiger partial charge in [0.1, 0.15) is 12.1 Å². The normalized spacial score (nSPS) is 12.1. The Morgan fingerprint density at radius 3 is 2.53 bits per heavy atom. The molecular weight excluding hydrogens is 418 g/mol. The molecule has 4 aromatic carbocycles. The number of rotatable bonds is 5. The molecule has 1 unspecified atom stereocenters. The van der Waals surface area contributed by atoms with E-state index in [2.05, 4.69) is 95.0 Å². The quantitative estimate of drug-likeness (QED) is 0.319. The van der Waals surface area contributed by atoms with Crippen LogP contribution in [0.5, 0.6) is 0 Å². The van der Waals surface area contributed by atoms with E-state index in [4.69, 9.17) is 4.98 Å². The first-order chi connectivity index (χ1) is 16.8. The molecule has 0 aliphatic heterocycles. The molecule has 164 valence electrons. The monoisotopic (exact) mass is 441 g/mol. The fourth-order valence-corrected chi connectivity index (χ4v) is 4.41. The van der Waals surface area contributed by atoms with Crippen LogP contribution in [0.1, 0.15) is 18.5 Å². The van der Waals surface area contributed by atoms with Gasteiger partial charge in [0.25, 0.3) is 0 Å². The van der Waals surface area contributed by atoms with Crippen molar-refractivity contribution in [1.82, 2.24) is 19.5 Å². The first-order valence-electron chi connectivity index (χ1n) is 11.4. The predicted molar refractivity (Wildman–Crippen MR) is 138 cm³/mol. The summed E-state index contributed by atoms with van der Waals surface area (Å²) in [5.74, 6) is 1.36. The van der Waals surface area contributed by atoms with E-state index in [-0.39, 0.29) is 6.04 Å². The summed E-state index contributed by atoms with van der Waals surface area (Å²) >= 11 is 0. The van der Waals surface area contributed by atoms with E-state index in [0.717, 1.165) is 22.4 Å². The largest absolute Gasteiger partial charge is 0.348 e. The molecular formula is C29H23N5. The van der Waals surface area contributed by atoms with Crippen LogP contribution in [0.4, 0.5) is 5.95 Å². The first-order valence-corrected chi connectivity index (χ1v) is 11.4. The van der Waals surface area contributed by atoms with Crippen LogP contribution in [0.15, 0.2) is 110 Å². The second-order valence-electron chi connectivity index (χ2n) is 8.36. The lowest BCUT2D eigenvalue weighted by molar-refractivity contribution is 0.854. The van der Waals surface area contributed by atoms with E-state index in [1.807, 2.05) is 35.2 Å². The number of imidazole rings is 1. The zero-order valence-corrected chi connectivity index (χ0v) is 18.8. The molecule has 0 saturated carbocycles. The molecule has 0 radical (unpaired) electrons. The van der Waals surface area contributed by atoms with E-state index < -0.39 is 0 Å². The van der Waals surface area contributed by atoms with Crippen LogP contribution in [-0.4, -0.2) is 19.5 Å². The highest BCUT2D eigenvalue weighted by Gasteiger charge is 2.12. The van der Waals surface area contributed by atoms with Crippen LogP contribution < -0.4 is 5.32 Å². The average Bonchev–Trinajstić information content (AvgIpc) is 3.32. The highest BCUT2D eigenvalue weighted by molar-refractivity contribution is 5.98. The summed E-state index contributed by atoms with van der Waals surface area (Å²) in [6, 6.07) is 33.6. The molecule has 1 N–H and O–H groups in total. The highest BCUT2D eigenvalue weighted by atomic mass is 15.2. The van der Waals surface area contributed by atoms with Crippen molar-refractivity contribution >= 4 is 27.8 Å². The van der Waals surface area contributed by atoms with Crippen LogP contribution in [0.2, 0.25) is 0 Å². The van der Waals surface area contributed by atoms with E-state index >= 15 is 0 Å². The minimum Gasteiger partial charge on any atom is -0.348 e. The van der Waals surface area contributed by atoms with Crippen molar-refractivity contribution in [2.75, 3.05) is 5.32 Å². The van der Waals surface area contributed by atoms with Crippen LogP contribution >= 0.6 is 0 Å². The molecule has 0 saturated heterocycles. The molecule has 0 aliphatic rings. The van der Waals surface area contributed by atoms with Crippen molar-refractivity contribution in [1.29, 1.82) is 0 Å². The summed E-state index contributed by atoms with van der Waals surface area (Å²) in [5.41, 5.74) is 5.47. The number of hydrogen-bond acceptors (Lipinski definition) is 4. The van der Waals surface area contributed by atoms with Gasteiger partial charge in [-0.25, -0.2) is 9.97 Å². The molecule has 0 amide bonds. The van der Waals surface area contributed by atoms with Gasteiger partial charge in [0.2, 0.25) is 5.95 Å². The molecule has 6 rings (SSSR count). The summed E-state index contributed by atoms with van der Waals surface area (Å²) in [5, 5.41) is 5.87. The average molecular weight is 442 g/mol. The van der Waals surface area contributed by atoms with E-state index in [9.17, 15) is 0 Å². The Kier molecular flexibility index (Phi) is 5.00.